The Morgan fingerprint density at radius 2 is 2.00 bits per heavy atom. The predicted molar refractivity (Wildman–Crippen MR) is 64.2 cm³/mol. The van der Waals surface area contributed by atoms with Crippen LogP contribution in [0.25, 0.3) is 0 Å². The first-order valence-corrected chi connectivity index (χ1v) is 6.13. The summed E-state index contributed by atoms with van der Waals surface area (Å²) in [4.78, 5) is 12.0. The van der Waals surface area contributed by atoms with Gasteiger partial charge in [0, 0.05) is 22.4 Å². The second-order valence-corrected chi connectivity index (χ2v) is 5.26. The fourth-order valence-corrected chi connectivity index (χ4v) is 3.22. The first kappa shape index (κ1) is 10.3. The molecule has 16 heavy (non-hydrogen) atoms. The molecule has 1 spiro atoms. The Hall–Kier alpha value is -0.860. The van der Waals surface area contributed by atoms with Gasteiger partial charge in [0.2, 0.25) is 0 Å². The van der Waals surface area contributed by atoms with Crippen LogP contribution < -0.4 is 5.32 Å². The van der Waals surface area contributed by atoms with Crippen LogP contribution >= 0.6 is 11.6 Å². The molecule has 1 aliphatic heterocycles. The zero-order chi connectivity index (χ0) is 11.2. The van der Waals surface area contributed by atoms with Crippen LogP contribution in [-0.2, 0) is 5.41 Å². The molecule has 0 unspecified atom stereocenters. The molecule has 0 amide bonds. The number of fused-ring (bicyclic) bond motifs is 2. The van der Waals surface area contributed by atoms with Crippen molar-refractivity contribution in [3.05, 3.63) is 34.3 Å². The van der Waals surface area contributed by atoms with Crippen LogP contribution in [0.2, 0.25) is 5.02 Å². The molecule has 0 aromatic heterocycles. The lowest BCUT2D eigenvalue weighted by Crippen LogP contribution is -2.38. The number of halogens is 1. The number of carbonyl (C=O) groups excluding carboxylic acids is 1. The van der Waals surface area contributed by atoms with Gasteiger partial charge in [-0.2, -0.15) is 0 Å². The maximum Gasteiger partial charge on any atom is 0.164 e. The number of ketones is 1. The fraction of sp³-hybridized carbons (Fsp3) is 0.462. The Labute approximate surface area is 100.0 Å². The van der Waals surface area contributed by atoms with E-state index in [4.69, 9.17) is 11.6 Å². The highest BCUT2D eigenvalue weighted by atomic mass is 35.5. The SMILES string of the molecule is O=C1CC2(CCNCC2)c2cc(Cl)ccc21. The van der Waals surface area contributed by atoms with E-state index in [-0.39, 0.29) is 11.2 Å². The lowest BCUT2D eigenvalue weighted by Gasteiger charge is -2.34. The van der Waals surface area contributed by atoms with Gasteiger partial charge in [0.1, 0.15) is 0 Å². The quantitative estimate of drug-likeness (QED) is 0.749. The highest BCUT2D eigenvalue weighted by Crippen LogP contribution is 2.45. The monoisotopic (exact) mass is 235 g/mol. The average Bonchev–Trinajstić information content (AvgIpc) is 2.53. The van der Waals surface area contributed by atoms with E-state index in [0.29, 0.717) is 6.42 Å². The molecule has 0 bridgehead atoms. The van der Waals surface area contributed by atoms with Gasteiger partial charge < -0.3 is 5.32 Å². The second kappa shape index (κ2) is 3.57. The minimum atomic E-state index is 0.0720. The molecule has 1 aliphatic carbocycles. The normalized spacial score (nSPS) is 22.4. The number of rotatable bonds is 0. The summed E-state index contributed by atoms with van der Waals surface area (Å²) in [5, 5.41) is 4.09. The van der Waals surface area contributed by atoms with Crippen molar-refractivity contribution in [3.8, 4) is 0 Å². The highest BCUT2D eigenvalue weighted by molar-refractivity contribution is 6.30. The number of piperidine rings is 1. The van der Waals surface area contributed by atoms with Gasteiger partial charge in [-0.1, -0.05) is 11.6 Å². The zero-order valence-electron chi connectivity index (χ0n) is 9.05. The Balaban J connectivity index is 2.12. The van der Waals surface area contributed by atoms with E-state index in [1.165, 1.54) is 5.56 Å². The molecule has 3 rings (SSSR count). The van der Waals surface area contributed by atoms with Crippen LogP contribution in [0.5, 0.6) is 0 Å². The molecule has 0 atom stereocenters. The van der Waals surface area contributed by atoms with E-state index in [2.05, 4.69) is 5.32 Å². The molecule has 84 valence electrons. The number of benzene rings is 1. The van der Waals surface area contributed by atoms with Crippen molar-refractivity contribution in [2.45, 2.75) is 24.7 Å². The molecule has 1 heterocycles. The standard InChI is InChI=1S/C13H14ClNO/c14-9-1-2-10-11(7-9)13(8-12(10)16)3-5-15-6-4-13/h1-2,7,15H,3-6,8H2. The molecule has 1 aromatic rings. The lowest BCUT2D eigenvalue weighted by molar-refractivity contribution is 0.0964. The number of nitrogens with one attached hydrogen (secondary N) is 1. The zero-order valence-corrected chi connectivity index (χ0v) is 9.81. The van der Waals surface area contributed by atoms with Crippen LogP contribution in [0.15, 0.2) is 18.2 Å². The summed E-state index contributed by atoms with van der Waals surface area (Å²) in [7, 11) is 0. The number of hydrogen-bond acceptors (Lipinski definition) is 2. The van der Waals surface area contributed by atoms with Gasteiger partial charge in [0.25, 0.3) is 0 Å². The third-order valence-electron chi connectivity index (χ3n) is 3.91. The van der Waals surface area contributed by atoms with Crippen molar-refractivity contribution in [2.75, 3.05) is 13.1 Å². The smallest absolute Gasteiger partial charge is 0.164 e. The Morgan fingerprint density at radius 1 is 1.25 bits per heavy atom. The fourth-order valence-electron chi connectivity index (χ4n) is 3.05. The van der Waals surface area contributed by atoms with Gasteiger partial charge in [0.15, 0.2) is 5.78 Å². The van der Waals surface area contributed by atoms with Crippen molar-refractivity contribution >= 4 is 17.4 Å². The highest BCUT2D eigenvalue weighted by Gasteiger charge is 2.43. The van der Waals surface area contributed by atoms with Crippen LogP contribution in [0.1, 0.15) is 35.2 Å². The molecule has 1 saturated heterocycles. The van der Waals surface area contributed by atoms with E-state index in [1.807, 2.05) is 18.2 Å². The van der Waals surface area contributed by atoms with Crippen molar-refractivity contribution in [1.29, 1.82) is 0 Å². The third-order valence-corrected chi connectivity index (χ3v) is 4.15. The van der Waals surface area contributed by atoms with Crippen molar-refractivity contribution in [1.82, 2.24) is 5.32 Å². The molecule has 2 aliphatic rings. The van der Waals surface area contributed by atoms with E-state index in [0.717, 1.165) is 36.5 Å². The number of Topliss-reactive ketones (excluding diaryl/α,β-unsaturated/α-hetero) is 1. The van der Waals surface area contributed by atoms with E-state index in [1.54, 1.807) is 0 Å². The first-order chi connectivity index (χ1) is 7.71. The maximum atomic E-state index is 12.0. The third kappa shape index (κ3) is 1.40. The summed E-state index contributed by atoms with van der Waals surface area (Å²) in [5.41, 5.74) is 2.15. The molecule has 3 heteroatoms. The van der Waals surface area contributed by atoms with Crippen LogP contribution in [0, 0.1) is 0 Å². The van der Waals surface area contributed by atoms with Crippen LogP contribution in [0.3, 0.4) is 0 Å². The number of carbonyl (C=O) groups is 1. The Bertz CT molecular complexity index is 449. The van der Waals surface area contributed by atoms with Crippen molar-refractivity contribution in [3.63, 3.8) is 0 Å². The maximum absolute atomic E-state index is 12.0. The number of hydrogen-bond donors (Lipinski definition) is 1. The van der Waals surface area contributed by atoms with Crippen molar-refractivity contribution < 1.29 is 4.79 Å². The molecule has 1 N–H and O–H groups in total. The average molecular weight is 236 g/mol. The van der Waals surface area contributed by atoms with E-state index < -0.39 is 0 Å². The molecule has 2 nitrogen and oxygen atoms in total. The molecule has 0 saturated carbocycles. The van der Waals surface area contributed by atoms with Crippen molar-refractivity contribution in [2.24, 2.45) is 0 Å². The summed E-state index contributed by atoms with van der Waals surface area (Å²) in [6, 6.07) is 5.70. The Morgan fingerprint density at radius 3 is 2.75 bits per heavy atom. The second-order valence-electron chi connectivity index (χ2n) is 4.82. The van der Waals surface area contributed by atoms with Gasteiger partial charge in [-0.05, 0) is 49.7 Å². The lowest BCUT2D eigenvalue weighted by atomic mass is 9.74. The van der Waals surface area contributed by atoms with Gasteiger partial charge in [0.05, 0.1) is 0 Å². The topological polar surface area (TPSA) is 29.1 Å². The van der Waals surface area contributed by atoms with Gasteiger partial charge in [-0.3, -0.25) is 4.79 Å². The molecular formula is C13H14ClNO. The van der Waals surface area contributed by atoms with E-state index in [9.17, 15) is 4.79 Å². The van der Waals surface area contributed by atoms with Gasteiger partial charge in [-0.25, -0.2) is 0 Å². The largest absolute Gasteiger partial charge is 0.317 e. The van der Waals surface area contributed by atoms with Gasteiger partial charge >= 0.3 is 0 Å². The molecule has 1 aromatic carbocycles. The summed E-state index contributed by atoms with van der Waals surface area (Å²) in [5.74, 6) is 0.286. The van der Waals surface area contributed by atoms with Gasteiger partial charge in [-0.15, -0.1) is 0 Å². The minimum Gasteiger partial charge on any atom is -0.317 e. The first-order valence-electron chi connectivity index (χ1n) is 5.75. The summed E-state index contributed by atoms with van der Waals surface area (Å²) in [6.07, 6.45) is 2.77. The Kier molecular flexibility index (Phi) is 2.30. The predicted octanol–water partition coefficient (Wildman–Crippen LogP) is 2.55. The summed E-state index contributed by atoms with van der Waals surface area (Å²) < 4.78 is 0. The van der Waals surface area contributed by atoms with Crippen LogP contribution in [-0.4, -0.2) is 18.9 Å². The molecular weight excluding hydrogens is 222 g/mol. The molecule has 1 fully saturated rings. The minimum absolute atomic E-state index is 0.0720. The molecule has 0 radical (unpaired) electrons. The van der Waals surface area contributed by atoms with E-state index >= 15 is 0 Å². The summed E-state index contributed by atoms with van der Waals surface area (Å²) >= 11 is 6.05. The van der Waals surface area contributed by atoms with Crippen LogP contribution in [0.4, 0.5) is 0 Å². The summed E-state index contributed by atoms with van der Waals surface area (Å²) in [6.45, 7) is 2.00.